The van der Waals surface area contributed by atoms with Gasteiger partial charge in [-0.3, -0.25) is 0 Å². The van der Waals surface area contributed by atoms with Gasteiger partial charge in [0, 0.05) is 24.7 Å². The summed E-state index contributed by atoms with van der Waals surface area (Å²) in [5.74, 6) is 1.01. The molecule has 1 aromatic rings. The molecule has 1 N–H and O–H groups in total. The smallest absolute Gasteiger partial charge is 0.127 e. The Balaban J connectivity index is 2.05. The summed E-state index contributed by atoms with van der Waals surface area (Å²) < 4.78 is 0. The Hall–Kier alpha value is -1.51. The highest BCUT2D eigenvalue weighted by Gasteiger charge is 2.35. The van der Waals surface area contributed by atoms with E-state index in [9.17, 15) is 9.90 Å². The van der Waals surface area contributed by atoms with E-state index in [0.29, 0.717) is 0 Å². The van der Waals surface area contributed by atoms with Crippen LogP contribution in [0, 0.1) is 11.3 Å². The molecule has 0 aliphatic heterocycles. The summed E-state index contributed by atoms with van der Waals surface area (Å²) in [5, 5.41) is 9.31. The first-order valence-corrected chi connectivity index (χ1v) is 7.01. The van der Waals surface area contributed by atoms with E-state index < -0.39 is 0 Å². The Morgan fingerprint density at radius 2 is 1.89 bits per heavy atom. The number of benzene rings is 1. The van der Waals surface area contributed by atoms with Crippen LogP contribution in [0.15, 0.2) is 24.3 Å². The van der Waals surface area contributed by atoms with Gasteiger partial charge >= 0.3 is 0 Å². The zero-order chi connectivity index (χ0) is 13.9. The van der Waals surface area contributed by atoms with Crippen LogP contribution in [0.2, 0.25) is 0 Å². The fourth-order valence-corrected chi connectivity index (χ4v) is 2.92. The second-order valence-electron chi connectivity index (χ2n) is 6.04. The predicted octanol–water partition coefficient (Wildman–Crippen LogP) is 3.22. The van der Waals surface area contributed by atoms with Crippen molar-refractivity contribution in [3.8, 4) is 5.75 Å². The molecule has 0 spiro atoms. The normalized spacial score (nSPS) is 26.9. The highest BCUT2D eigenvalue weighted by atomic mass is 16.3. The third-order valence-corrected chi connectivity index (χ3v) is 4.36. The van der Waals surface area contributed by atoms with Crippen LogP contribution >= 0.6 is 0 Å². The molecule has 19 heavy (non-hydrogen) atoms. The van der Waals surface area contributed by atoms with Crippen molar-refractivity contribution >= 4 is 12.0 Å². The van der Waals surface area contributed by atoms with Crippen molar-refractivity contribution < 1.29 is 9.90 Å². The third-order valence-electron chi connectivity index (χ3n) is 4.36. The molecule has 0 atom stereocenters. The molecule has 1 aliphatic rings. The number of carbonyl (C=O) groups is 1. The number of carbonyl (C=O) groups excluding carboxylic acids is 1. The quantitative estimate of drug-likeness (QED) is 0.846. The minimum Gasteiger partial charge on any atom is -0.508 e. The zero-order valence-corrected chi connectivity index (χ0v) is 11.8. The van der Waals surface area contributed by atoms with Gasteiger partial charge in [0.05, 0.1) is 0 Å². The first kappa shape index (κ1) is 13.9. The average Bonchev–Trinajstić information content (AvgIpc) is 2.42. The number of hydrogen-bond donors (Lipinski definition) is 1. The van der Waals surface area contributed by atoms with Crippen LogP contribution in [-0.2, 0) is 4.79 Å². The molecule has 0 saturated heterocycles. The van der Waals surface area contributed by atoms with E-state index >= 15 is 0 Å². The van der Waals surface area contributed by atoms with E-state index in [1.165, 1.54) is 0 Å². The maximum absolute atomic E-state index is 11.5. The molecule has 0 aromatic heterocycles. The van der Waals surface area contributed by atoms with E-state index in [1.807, 2.05) is 19.2 Å². The Bertz CT molecular complexity index is 419. The summed E-state index contributed by atoms with van der Waals surface area (Å²) in [5.41, 5.74) is 0.844. The third kappa shape index (κ3) is 3.28. The predicted molar refractivity (Wildman–Crippen MR) is 77.5 cm³/mol. The molecule has 1 fully saturated rings. The maximum atomic E-state index is 11.5. The number of phenols is 1. The lowest BCUT2D eigenvalue weighted by atomic mass is 9.71. The summed E-state index contributed by atoms with van der Waals surface area (Å²) in [7, 11) is 2.01. The van der Waals surface area contributed by atoms with Gasteiger partial charge in [-0.1, -0.05) is 6.92 Å². The zero-order valence-electron chi connectivity index (χ0n) is 11.8. The molecule has 2 rings (SSSR count). The minimum atomic E-state index is -0.195. The van der Waals surface area contributed by atoms with Crippen LogP contribution in [0.25, 0.3) is 0 Å². The number of rotatable bonds is 4. The first-order valence-electron chi connectivity index (χ1n) is 7.01. The van der Waals surface area contributed by atoms with E-state index in [4.69, 9.17) is 0 Å². The molecule has 1 aromatic carbocycles. The fraction of sp³-hybridized carbons (Fsp3) is 0.562. The van der Waals surface area contributed by atoms with Crippen molar-refractivity contribution in [2.24, 2.45) is 11.3 Å². The van der Waals surface area contributed by atoms with Gasteiger partial charge in [0.25, 0.3) is 0 Å². The number of aldehydes is 1. The SMILES string of the molecule is CC1CCC(C=O)(CN(C)c2ccc(O)cc2)CC1. The molecule has 3 heteroatoms. The van der Waals surface area contributed by atoms with E-state index in [0.717, 1.165) is 50.1 Å². The summed E-state index contributed by atoms with van der Waals surface area (Å²) in [6.45, 7) is 3.02. The van der Waals surface area contributed by atoms with Gasteiger partial charge in [-0.15, -0.1) is 0 Å². The van der Waals surface area contributed by atoms with Crippen molar-refractivity contribution in [3.63, 3.8) is 0 Å². The largest absolute Gasteiger partial charge is 0.508 e. The Labute approximate surface area is 115 Å². The van der Waals surface area contributed by atoms with Crippen LogP contribution in [0.4, 0.5) is 5.69 Å². The Morgan fingerprint density at radius 1 is 1.32 bits per heavy atom. The lowest BCUT2D eigenvalue weighted by Gasteiger charge is -2.38. The molecule has 1 saturated carbocycles. The van der Waals surface area contributed by atoms with Gasteiger partial charge in [0.1, 0.15) is 12.0 Å². The molecule has 0 unspecified atom stereocenters. The minimum absolute atomic E-state index is 0.195. The highest BCUT2D eigenvalue weighted by molar-refractivity contribution is 5.62. The monoisotopic (exact) mass is 261 g/mol. The van der Waals surface area contributed by atoms with Gasteiger partial charge < -0.3 is 14.8 Å². The lowest BCUT2D eigenvalue weighted by molar-refractivity contribution is -0.117. The molecular formula is C16H23NO2. The van der Waals surface area contributed by atoms with Gasteiger partial charge in [0.2, 0.25) is 0 Å². The van der Waals surface area contributed by atoms with Crippen molar-refractivity contribution in [3.05, 3.63) is 24.3 Å². The number of aromatic hydroxyl groups is 1. The first-order chi connectivity index (χ1) is 9.04. The average molecular weight is 261 g/mol. The van der Waals surface area contributed by atoms with Crippen molar-refractivity contribution in [2.75, 3.05) is 18.5 Å². The van der Waals surface area contributed by atoms with Gasteiger partial charge in [0.15, 0.2) is 0 Å². The van der Waals surface area contributed by atoms with Crippen LogP contribution in [-0.4, -0.2) is 25.0 Å². The molecular weight excluding hydrogens is 238 g/mol. The number of nitrogens with zero attached hydrogens (tertiary/aromatic N) is 1. The second-order valence-corrected chi connectivity index (χ2v) is 6.04. The molecule has 3 nitrogen and oxygen atoms in total. The van der Waals surface area contributed by atoms with Crippen LogP contribution in [0.3, 0.4) is 0 Å². The summed E-state index contributed by atoms with van der Waals surface area (Å²) in [4.78, 5) is 13.7. The van der Waals surface area contributed by atoms with Crippen molar-refractivity contribution in [1.82, 2.24) is 0 Å². The number of anilines is 1. The number of phenolic OH excluding ortho intramolecular Hbond substituents is 1. The Morgan fingerprint density at radius 3 is 2.42 bits per heavy atom. The van der Waals surface area contributed by atoms with Gasteiger partial charge in [-0.05, 0) is 55.9 Å². The molecule has 0 amide bonds. The summed E-state index contributed by atoms with van der Waals surface area (Å²) in [6.07, 6.45) is 5.42. The van der Waals surface area contributed by atoms with Crippen molar-refractivity contribution in [2.45, 2.75) is 32.6 Å². The molecule has 0 bridgehead atoms. The lowest BCUT2D eigenvalue weighted by Crippen LogP contribution is -2.39. The molecule has 104 valence electrons. The van der Waals surface area contributed by atoms with Gasteiger partial charge in [-0.25, -0.2) is 0 Å². The van der Waals surface area contributed by atoms with Gasteiger partial charge in [-0.2, -0.15) is 0 Å². The summed E-state index contributed by atoms with van der Waals surface area (Å²) >= 11 is 0. The summed E-state index contributed by atoms with van der Waals surface area (Å²) in [6, 6.07) is 7.14. The second kappa shape index (κ2) is 5.64. The van der Waals surface area contributed by atoms with Crippen LogP contribution in [0.1, 0.15) is 32.6 Å². The number of hydrogen-bond acceptors (Lipinski definition) is 3. The van der Waals surface area contributed by atoms with Crippen LogP contribution in [0.5, 0.6) is 5.75 Å². The molecule has 1 aliphatic carbocycles. The van der Waals surface area contributed by atoms with Crippen molar-refractivity contribution in [1.29, 1.82) is 0 Å². The van der Waals surface area contributed by atoms with E-state index in [-0.39, 0.29) is 11.2 Å². The highest BCUT2D eigenvalue weighted by Crippen LogP contribution is 2.38. The standard InChI is InChI=1S/C16H23NO2/c1-13-7-9-16(12-18,10-8-13)11-17(2)14-3-5-15(19)6-4-14/h3-6,12-13,19H,7-11H2,1-2H3. The van der Waals surface area contributed by atoms with Crippen LogP contribution < -0.4 is 4.90 Å². The Kier molecular flexibility index (Phi) is 4.13. The molecule has 0 radical (unpaired) electrons. The fourth-order valence-electron chi connectivity index (χ4n) is 2.92. The maximum Gasteiger partial charge on any atom is 0.127 e. The molecule has 0 heterocycles. The topological polar surface area (TPSA) is 40.5 Å². The van der Waals surface area contributed by atoms with E-state index in [1.54, 1.807) is 12.1 Å². The van der Waals surface area contributed by atoms with E-state index in [2.05, 4.69) is 11.8 Å².